The van der Waals surface area contributed by atoms with E-state index in [4.69, 9.17) is 5.11 Å². The fourth-order valence-corrected chi connectivity index (χ4v) is 2.04. The number of hydrogen-bond acceptors (Lipinski definition) is 3. The summed E-state index contributed by atoms with van der Waals surface area (Å²) in [4.78, 5) is 10.3. The first-order valence-electron chi connectivity index (χ1n) is 7.82. The average Bonchev–Trinajstić information content (AvgIpc) is 2.40. The third-order valence-corrected chi connectivity index (χ3v) is 3.30. The first-order chi connectivity index (χ1) is 9.56. The molecular weight excluding hydrogens is 256 g/mol. The smallest absolute Gasteiger partial charge is 0.303 e. The first kappa shape index (κ1) is 19.1. The number of carboxylic acid groups (broad SMARTS) is 1. The maximum absolute atomic E-state index is 10.3. The molecule has 0 aliphatic heterocycles. The van der Waals surface area contributed by atoms with Crippen molar-refractivity contribution in [3.63, 3.8) is 0 Å². The molecule has 0 spiro atoms. The summed E-state index contributed by atoms with van der Waals surface area (Å²) in [6.45, 7) is 2.13. The fraction of sp³-hybridized carbons (Fsp3) is 0.812. The van der Waals surface area contributed by atoms with Gasteiger partial charge in [0.1, 0.15) is 0 Å². The molecule has 0 rings (SSSR count). The molecule has 0 aromatic heterocycles. The molecule has 0 heterocycles. The summed E-state index contributed by atoms with van der Waals surface area (Å²) in [7, 11) is 0. The van der Waals surface area contributed by atoms with Gasteiger partial charge in [0.15, 0.2) is 0 Å². The summed E-state index contributed by atoms with van der Waals surface area (Å²) in [5, 5.41) is 27.9. The molecule has 0 radical (unpaired) electrons. The van der Waals surface area contributed by atoms with Gasteiger partial charge in [-0.25, -0.2) is 0 Å². The van der Waals surface area contributed by atoms with Crippen LogP contribution in [-0.4, -0.2) is 33.5 Å². The number of rotatable bonds is 13. The molecule has 0 saturated carbocycles. The Morgan fingerprint density at radius 2 is 1.40 bits per heavy atom. The van der Waals surface area contributed by atoms with E-state index in [2.05, 4.69) is 6.92 Å². The number of aliphatic hydroxyl groups is 2. The Morgan fingerprint density at radius 3 is 1.90 bits per heavy atom. The van der Waals surface area contributed by atoms with E-state index < -0.39 is 18.2 Å². The Hall–Kier alpha value is -0.870. The zero-order valence-electron chi connectivity index (χ0n) is 12.6. The van der Waals surface area contributed by atoms with E-state index in [0.29, 0.717) is 12.8 Å². The highest BCUT2D eigenvalue weighted by Crippen LogP contribution is 2.09. The third kappa shape index (κ3) is 13.6. The first-order valence-corrected chi connectivity index (χ1v) is 7.82. The Balaban J connectivity index is 3.51. The van der Waals surface area contributed by atoms with Gasteiger partial charge in [-0.3, -0.25) is 4.79 Å². The van der Waals surface area contributed by atoms with Gasteiger partial charge in [-0.15, -0.1) is 0 Å². The van der Waals surface area contributed by atoms with Crippen LogP contribution in [0.2, 0.25) is 0 Å². The number of aliphatic carboxylic acids is 1. The Labute approximate surface area is 122 Å². The van der Waals surface area contributed by atoms with E-state index in [0.717, 1.165) is 44.9 Å². The van der Waals surface area contributed by atoms with Crippen LogP contribution in [0.1, 0.15) is 71.1 Å². The lowest BCUT2D eigenvalue weighted by Gasteiger charge is -2.08. The van der Waals surface area contributed by atoms with Gasteiger partial charge < -0.3 is 15.3 Å². The van der Waals surface area contributed by atoms with Crippen molar-refractivity contribution in [2.75, 3.05) is 0 Å². The van der Waals surface area contributed by atoms with Crippen LogP contribution in [0.4, 0.5) is 0 Å². The van der Waals surface area contributed by atoms with Gasteiger partial charge in [0.05, 0.1) is 12.2 Å². The minimum atomic E-state index is -0.745. The summed E-state index contributed by atoms with van der Waals surface area (Å²) in [5.41, 5.74) is 0. The summed E-state index contributed by atoms with van der Waals surface area (Å²) >= 11 is 0. The highest BCUT2D eigenvalue weighted by atomic mass is 16.4. The Kier molecular flexibility index (Phi) is 12.6. The van der Waals surface area contributed by atoms with Crippen LogP contribution in [0.5, 0.6) is 0 Å². The molecule has 0 aromatic carbocycles. The second-order valence-corrected chi connectivity index (χ2v) is 5.36. The lowest BCUT2D eigenvalue weighted by molar-refractivity contribution is -0.137. The van der Waals surface area contributed by atoms with Gasteiger partial charge in [0.2, 0.25) is 0 Å². The summed E-state index contributed by atoms with van der Waals surface area (Å²) in [6, 6.07) is 0. The highest BCUT2D eigenvalue weighted by molar-refractivity contribution is 5.66. The third-order valence-electron chi connectivity index (χ3n) is 3.30. The SMILES string of the molecule is CCCCC[C@H](O)/C=C/[C@@H](O)CCCCCCC(=O)O. The summed E-state index contributed by atoms with van der Waals surface area (Å²) < 4.78 is 0. The van der Waals surface area contributed by atoms with Crippen LogP contribution in [0.15, 0.2) is 12.2 Å². The normalized spacial score (nSPS) is 14.6. The van der Waals surface area contributed by atoms with Crippen molar-refractivity contribution in [3.05, 3.63) is 12.2 Å². The molecule has 4 nitrogen and oxygen atoms in total. The minimum Gasteiger partial charge on any atom is -0.481 e. The van der Waals surface area contributed by atoms with Crippen molar-refractivity contribution in [1.29, 1.82) is 0 Å². The van der Waals surface area contributed by atoms with Crippen molar-refractivity contribution in [3.8, 4) is 0 Å². The largest absolute Gasteiger partial charge is 0.481 e. The molecule has 0 saturated heterocycles. The maximum Gasteiger partial charge on any atom is 0.303 e. The zero-order valence-corrected chi connectivity index (χ0v) is 12.6. The number of aliphatic hydroxyl groups excluding tert-OH is 2. The predicted molar refractivity (Wildman–Crippen MR) is 80.6 cm³/mol. The van der Waals surface area contributed by atoms with E-state index in [1.807, 2.05) is 0 Å². The standard InChI is InChI=1S/C16H30O4/c1-2-3-6-9-14(17)12-13-15(18)10-7-4-5-8-11-16(19)20/h12-15,17-18H,2-11H2,1H3,(H,19,20)/b13-12+/t14-,15-/m0/s1. The predicted octanol–water partition coefficient (Wildman–Crippen LogP) is 3.27. The van der Waals surface area contributed by atoms with E-state index >= 15 is 0 Å². The number of unbranched alkanes of at least 4 members (excludes halogenated alkanes) is 5. The van der Waals surface area contributed by atoms with Crippen molar-refractivity contribution in [1.82, 2.24) is 0 Å². The van der Waals surface area contributed by atoms with Gasteiger partial charge in [-0.2, -0.15) is 0 Å². The molecule has 0 amide bonds. The molecule has 3 N–H and O–H groups in total. The quantitative estimate of drug-likeness (QED) is 0.359. The van der Waals surface area contributed by atoms with Gasteiger partial charge in [0, 0.05) is 6.42 Å². The van der Waals surface area contributed by atoms with E-state index in [9.17, 15) is 15.0 Å². The lowest BCUT2D eigenvalue weighted by atomic mass is 10.1. The molecule has 0 fully saturated rings. The average molecular weight is 286 g/mol. The van der Waals surface area contributed by atoms with Crippen LogP contribution >= 0.6 is 0 Å². The summed E-state index contributed by atoms with van der Waals surface area (Å²) in [5.74, 6) is -0.745. The fourth-order valence-electron chi connectivity index (χ4n) is 2.04. The second kappa shape index (κ2) is 13.1. The minimum absolute atomic E-state index is 0.229. The molecule has 0 aliphatic rings. The molecule has 0 aliphatic carbocycles. The van der Waals surface area contributed by atoms with Crippen molar-refractivity contribution >= 4 is 5.97 Å². The molecule has 0 aromatic rings. The van der Waals surface area contributed by atoms with Gasteiger partial charge >= 0.3 is 5.97 Å². The van der Waals surface area contributed by atoms with Crippen LogP contribution < -0.4 is 0 Å². The van der Waals surface area contributed by atoms with Gasteiger partial charge in [0.25, 0.3) is 0 Å². The summed E-state index contributed by atoms with van der Waals surface area (Å²) in [6.07, 6.45) is 10.8. The molecule has 0 unspecified atom stereocenters. The Bertz CT molecular complexity index is 263. The molecule has 4 heteroatoms. The molecule has 20 heavy (non-hydrogen) atoms. The molecular formula is C16H30O4. The topological polar surface area (TPSA) is 77.8 Å². The van der Waals surface area contributed by atoms with Crippen LogP contribution in [0.25, 0.3) is 0 Å². The van der Waals surface area contributed by atoms with Crippen LogP contribution in [0.3, 0.4) is 0 Å². The number of carboxylic acids is 1. The lowest BCUT2D eigenvalue weighted by Crippen LogP contribution is -2.06. The highest BCUT2D eigenvalue weighted by Gasteiger charge is 2.03. The van der Waals surface area contributed by atoms with E-state index in [1.165, 1.54) is 0 Å². The van der Waals surface area contributed by atoms with E-state index in [1.54, 1.807) is 12.2 Å². The van der Waals surface area contributed by atoms with Gasteiger partial charge in [-0.05, 0) is 19.3 Å². The van der Waals surface area contributed by atoms with Gasteiger partial charge in [-0.1, -0.05) is 57.6 Å². The molecule has 118 valence electrons. The monoisotopic (exact) mass is 286 g/mol. The van der Waals surface area contributed by atoms with Crippen LogP contribution in [0, 0.1) is 0 Å². The van der Waals surface area contributed by atoms with E-state index in [-0.39, 0.29) is 6.42 Å². The second-order valence-electron chi connectivity index (χ2n) is 5.36. The van der Waals surface area contributed by atoms with Crippen LogP contribution in [-0.2, 0) is 4.79 Å². The number of carbonyl (C=O) groups is 1. The van der Waals surface area contributed by atoms with Crippen molar-refractivity contribution in [2.45, 2.75) is 83.3 Å². The zero-order chi connectivity index (χ0) is 15.2. The van der Waals surface area contributed by atoms with Crippen molar-refractivity contribution in [2.24, 2.45) is 0 Å². The Morgan fingerprint density at radius 1 is 0.900 bits per heavy atom. The molecule has 2 atom stereocenters. The molecule has 0 bridgehead atoms. The maximum atomic E-state index is 10.3. The number of hydrogen-bond donors (Lipinski definition) is 3. The van der Waals surface area contributed by atoms with Crippen molar-refractivity contribution < 1.29 is 20.1 Å².